The number of hydrogen-bond donors (Lipinski definition) is 1. The number of rotatable bonds is 6. The number of aryl methyl sites for hydroxylation is 1. The van der Waals surface area contributed by atoms with Gasteiger partial charge in [0.2, 0.25) is 0 Å². The van der Waals surface area contributed by atoms with Crippen molar-refractivity contribution < 1.29 is 4.74 Å². The van der Waals surface area contributed by atoms with Crippen molar-refractivity contribution in [1.29, 1.82) is 0 Å². The Kier molecular flexibility index (Phi) is 5.19. The van der Waals surface area contributed by atoms with Crippen LogP contribution in [0.5, 0.6) is 5.75 Å². The molecular weight excluding hydrogens is 186 g/mol. The molecule has 0 amide bonds. The van der Waals surface area contributed by atoms with Crippen LogP contribution in [0.3, 0.4) is 0 Å². The minimum Gasteiger partial charge on any atom is -0.493 e. The summed E-state index contributed by atoms with van der Waals surface area (Å²) >= 11 is 0. The molecular formula is C13H21NO. The largest absolute Gasteiger partial charge is 0.493 e. The van der Waals surface area contributed by atoms with Crippen LogP contribution in [0.25, 0.3) is 0 Å². The first-order valence-electron chi connectivity index (χ1n) is 5.71. The summed E-state index contributed by atoms with van der Waals surface area (Å²) in [5, 5.41) is 3.40. The number of hydrogen-bond acceptors (Lipinski definition) is 2. The predicted octanol–water partition coefficient (Wildman–Crippen LogP) is 2.89. The van der Waals surface area contributed by atoms with Gasteiger partial charge in [0.15, 0.2) is 0 Å². The average molecular weight is 207 g/mol. The second kappa shape index (κ2) is 6.46. The molecule has 84 valence electrons. The predicted molar refractivity (Wildman–Crippen MR) is 64.3 cm³/mol. The molecule has 1 aromatic rings. The molecule has 0 heterocycles. The lowest BCUT2D eigenvalue weighted by atomic mass is 10.1. The highest BCUT2D eigenvalue weighted by Crippen LogP contribution is 2.23. The first kappa shape index (κ1) is 12.1. The quantitative estimate of drug-likeness (QED) is 0.724. The van der Waals surface area contributed by atoms with Crippen molar-refractivity contribution >= 4 is 0 Å². The van der Waals surface area contributed by atoms with Crippen LogP contribution in [0.1, 0.15) is 31.4 Å². The summed E-state index contributed by atoms with van der Waals surface area (Å²) < 4.78 is 5.66. The molecule has 0 aliphatic heterocycles. The van der Waals surface area contributed by atoms with Crippen molar-refractivity contribution in [2.24, 2.45) is 0 Å². The van der Waals surface area contributed by atoms with E-state index in [1.165, 1.54) is 11.1 Å². The van der Waals surface area contributed by atoms with Crippen LogP contribution in [-0.2, 0) is 6.54 Å². The van der Waals surface area contributed by atoms with E-state index in [1.54, 1.807) is 0 Å². The minimum atomic E-state index is 0.728. The van der Waals surface area contributed by atoms with E-state index in [0.717, 1.165) is 31.9 Å². The van der Waals surface area contributed by atoms with Gasteiger partial charge in [0.25, 0.3) is 0 Å². The Morgan fingerprint density at radius 3 is 2.73 bits per heavy atom. The Morgan fingerprint density at radius 1 is 1.27 bits per heavy atom. The maximum absolute atomic E-state index is 5.66. The van der Waals surface area contributed by atoms with Gasteiger partial charge in [-0.2, -0.15) is 0 Å². The Morgan fingerprint density at radius 2 is 2.07 bits per heavy atom. The summed E-state index contributed by atoms with van der Waals surface area (Å²) in [5.74, 6) is 1.05. The molecule has 0 aromatic heterocycles. The van der Waals surface area contributed by atoms with E-state index < -0.39 is 0 Å². The summed E-state index contributed by atoms with van der Waals surface area (Å²) in [6.45, 7) is 8.96. The summed E-state index contributed by atoms with van der Waals surface area (Å²) in [5.41, 5.74) is 2.47. The molecule has 0 aliphatic rings. The van der Waals surface area contributed by atoms with E-state index in [-0.39, 0.29) is 0 Å². The first-order valence-corrected chi connectivity index (χ1v) is 5.71. The third kappa shape index (κ3) is 3.56. The van der Waals surface area contributed by atoms with Crippen LogP contribution < -0.4 is 10.1 Å². The second-order valence-corrected chi connectivity index (χ2v) is 3.67. The van der Waals surface area contributed by atoms with Crippen molar-refractivity contribution in [3.63, 3.8) is 0 Å². The van der Waals surface area contributed by atoms with Gasteiger partial charge >= 0.3 is 0 Å². The SMILES string of the molecule is CCCNCc1cccc(C)c1OCC. The molecule has 0 spiro atoms. The van der Waals surface area contributed by atoms with Gasteiger partial charge in [-0.3, -0.25) is 0 Å². The summed E-state index contributed by atoms with van der Waals surface area (Å²) in [7, 11) is 0. The molecule has 1 N–H and O–H groups in total. The van der Waals surface area contributed by atoms with E-state index in [0.29, 0.717) is 0 Å². The minimum absolute atomic E-state index is 0.728. The average Bonchev–Trinajstić information content (AvgIpc) is 2.23. The fourth-order valence-electron chi connectivity index (χ4n) is 1.60. The van der Waals surface area contributed by atoms with Crippen LogP contribution >= 0.6 is 0 Å². The van der Waals surface area contributed by atoms with Crippen molar-refractivity contribution in [3.8, 4) is 5.75 Å². The smallest absolute Gasteiger partial charge is 0.126 e. The van der Waals surface area contributed by atoms with E-state index in [4.69, 9.17) is 4.74 Å². The van der Waals surface area contributed by atoms with Crippen LogP contribution in [0.4, 0.5) is 0 Å². The van der Waals surface area contributed by atoms with Gasteiger partial charge in [0, 0.05) is 12.1 Å². The molecule has 0 unspecified atom stereocenters. The number of nitrogens with one attached hydrogen (secondary N) is 1. The van der Waals surface area contributed by atoms with Crippen molar-refractivity contribution in [1.82, 2.24) is 5.32 Å². The zero-order valence-electron chi connectivity index (χ0n) is 9.97. The molecule has 0 saturated carbocycles. The summed E-state index contributed by atoms with van der Waals surface area (Å²) in [4.78, 5) is 0. The topological polar surface area (TPSA) is 21.3 Å². The monoisotopic (exact) mass is 207 g/mol. The lowest BCUT2D eigenvalue weighted by Gasteiger charge is -2.13. The lowest BCUT2D eigenvalue weighted by Crippen LogP contribution is -2.15. The zero-order valence-corrected chi connectivity index (χ0v) is 9.97. The normalized spacial score (nSPS) is 10.3. The summed E-state index contributed by atoms with van der Waals surface area (Å²) in [6.07, 6.45) is 1.16. The Balaban J connectivity index is 2.71. The second-order valence-electron chi connectivity index (χ2n) is 3.67. The molecule has 1 aromatic carbocycles. The van der Waals surface area contributed by atoms with E-state index in [9.17, 15) is 0 Å². The van der Waals surface area contributed by atoms with Gasteiger partial charge in [-0.1, -0.05) is 25.1 Å². The Hall–Kier alpha value is -1.02. The molecule has 15 heavy (non-hydrogen) atoms. The van der Waals surface area contributed by atoms with Crippen molar-refractivity contribution in [2.45, 2.75) is 33.7 Å². The highest BCUT2D eigenvalue weighted by molar-refractivity contribution is 5.40. The molecule has 0 aliphatic carbocycles. The Labute approximate surface area is 92.6 Å². The van der Waals surface area contributed by atoms with Crippen LogP contribution in [0.2, 0.25) is 0 Å². The molecule has 2 heteroatoms. The molecule has 0 atom stereocenters. The number of para-hydroxylation sites is 1. The molecule has 0 radical (unpaired) electrons. The van der Waals surface area contributed by atoms with Gasteiger partial charge < -0.3 is 10.1 Å². The van der Waals surface area contributed by atoms with Crippen molar-refractivity contribution in [3.05, 3.63) is 29.3 Å². The molecule has 0 fully saturated rings. The Bertz CT molecular complexity index is 297. The lowest BCUT2D eigenvalue weighted by molar-refractivity contribution is 0.333. The van der Waals surface area contributed by atoms with Gasteiger partial charge in [0.1, 0.15) is 5.75 Å². The van der Waals surface area contributed by atoms with Gasteiger partial charge in [-0.15, -0.1) is 0 Å². The fraction of sp³-hybridized carbons (Fsp3) is 0.538. The molecule has 1 rings (SSSR count). The molecule has 2 nitrogen and oxygen atoms in total. The van der Waals surface area contributed by atoms with Gasteiger partial charge in [-0.05, 0) is 32.4 Å². The van der Waals surface area contributed by atoms with Gasteiger partial charge in [0.05, 0.1) is 6.61 Å². The fourth-order valence-corrected chi connectivity index (χ4v) is 1.60. The maximum atomic E-state index is 5.66. The van der Waals surface area contributed by atoms with E-state index in [2.05, 4.69) is 37.4 Å². The van der Waals surface area contributed by atoms with Gasteiger partial charge in [-0.25, -0.2) is 0 Å². The molecule has 0 saturated heterocycles. The molecule has 0 bridgehead atoms. The highest BCUT2D eigenvalue weighted by atomic mass is 16.5. The standard InChI is InChI=1S/C13H21NO/c1-4-9-14-10-12-8-6-7-11(3)13(12)15-5-2/h6-8,14H,4-5,9-10H2,1-3H3. The van der Waals surface area contributed by atoms with Crippen LogP contribution in [0.15, 0.2) is 18.2 Å². The number of benzene rings is 1. The number of ether oxygens (including phenoxy) is 1. The van der Waals surface area contributed by atoms with E-state index in [1.807, 2.05) is 6.92 Å². The van der Waals surface area contributed by atoms with Crippen molar-refractivity contribution in [2.75, 3.05) is 13.2 Å². The van der Waals surface area contributed by atoms with E-state index >= 15 is 0 Å². The first-order chi connectivity index (χ1) is 7.29. The highest BCUT2D eigenvalue weighted by Gasteiger charge is 2.05. The third-order valence-electron chi connectivity index (χ3n) is 2.32. The van der Waals surface area contributed by atoms with Crippen LogP contribution in [-0.4, -0.2) is 13.2 Å². The summed E-state index contributed by atoms with van der Waals surface area (Å²) in [6, 6.07) is 6.30. The maximum Gasteiger partial charge on any atom is 0.126 e. The van der Waals surface area contributed by atoms with Crippen LogP contribution in [0, 0.1) is 6.92 Å². The zero-order chi connectivity index (χ0) is 11.1. The third-order valence-corrected chi connectivity index (χ3v) is 2.32.